The van der Waals surface area contributed by atoms with E-state index in [4.69, 9.17) is 5.26 Å². The molecule has 0 aliphatic rings. The molecule has 1 rings (SSSR count). The molecule has 0 aromatic carbocycles. The van der Waals surface area contributed by atoms with E-state index in [9.17, 15) is 8.42 Å². The highest BCUT2D eigenvalue weighted by molar-refractivity contribution is 7.89. The number of nitriles is 1. The van der Waals surface area contributed by atoms with Crippen molar-refractivity contribution < 1.29 is 8.42 Å². The number of nitrogens with zero attached hydrogens (tertiary/aromatic N) is 1. The predicted octanol–water partition coefficient (Wildman–Crippen LogP) is 3.04. The summed E-state index contributed by atoms with van der Waals surface area (Å²) in [5.74, 6) is 0.0845. The van der Waals surface area contributed by atoms with Crippen LogP contribution >= 0.6 is 11.3 Å². The molecule has 0 radical (unpaired) electrons. The molecule has 1 aromatic heterocycles. The summed E-state index contributed by atoms with van der Waals surface area (Å²) in [6.07, 6.45) is 1.56. The highest BCUT2D eigenvalue weighted by Crippen LogP contribution is 2.26. The molecule has 1 unspecified atom stereocenters. The third-order valence-corrected chi connectivity index (χ3v) is 5.37. The van der Waals surface area contributed by atoms with Crippen molar-refractivity contribution in [1.29, 1.82) is 5.26 Å². The summed E-state index contributed by atoms with van der Waals surface area (Å²) in [5, 5.41) is 8.41. The minimum Gasteiger partial charge on any atom is -0.212 e. The standard InChI is InChI=1S/C13H20N2O2S2/c1-10-9-13(12(3)18-10)11(2)15-19(16,17)8-6-4-5-7-14/h9,11,15H,4-6,8H2,1-3H3. The first-order chi connectivity index (χ1) is 8.85. The molecule has 0 bridgehead atoms. The topological polar surface area (TPSA) is 70.0 Å². The molecule has 0 saturated carbocycles. The van der Waals surface area contributed by atoms with Gasteiger partial charge in [0.05, 0.1) is 11.8 Å². The van der Waals surface area contributed by atoms with Crippen molar-refractivity contribution in [2.24, 2.45) is 0 Å². The molecule has 6 heteroatoms. The first-order valence-corrected chi connectivity index (χ1v) is 8.76. The number of rotatable bonds is 7. The van der Waals surface area contributed by atoms with E-state index in [0.717, 1.165) is 10.4 Å². The van der Waals surface area contributed by atoms with Gasteiger partial charge >= 0.3 is 0 Å². The minimum atomic E-state index is -3.27. The molecule has 0 aliphatic heterocycles. The number of hydrogen-bond acceptors (Lipinski definition) is 4. The Bertz CT molecular complexity index is 556. The summed E-state index contributed by atoms with van der Waals surface area (Å²) in [6, 6.07) is 3.84. The van der Waals surface area contributed by atoms with Crippen molar-refractivity contribution in [1.82, 2.24) is 4.72 Å². The lowest BCUT2D eigenvalue weighted by molar-refractivity contribution is 0.563. The molecule has 0 spiro atoms. The number of unbranched alkanes of at least 4 members (excludes halogenated alkanes) is 2. The average Bonchev–Trinajstić information content (AvgIpc) is 2.63. The maximum Gasteiger partial charge on any atom is 0.212 e. The number of hydrogen-bond donors (Lipinski definition) is 1. The van der Waals surface area contributed by atoms with Crippen molar-refractivity contribution >= 4 is 21.4 Å². The van der Waals surface area contributed by atoms with Crippen LogP contribution in [0, 0.1) is 25.2 Å². The number of aryl methyl sites for hydroxylation is 2. The van der Waals surface area contributed by atoms with Crippen molar-refractivity contribution in [2.75, 3.05) is 5.75 Å². The van der Waals surface area contributed by atoms with Gasteiger partial charge in [-0.05, 0) is 45.2 Å². The summed E-state index contributed by atoms with van der Waals surface area (Å²) in [7, 11) is -3.27. The minimum absolute atomic E-state index is 0.0845. The van der Waals surface area contributed by atoms with Gasteiger partial charge in [-0.2, -0.15) is 5.26 Å². The Labute approximate surface area is 119 Å². The van der Waals surface area contributed by atoms with E-state index < -0.39 is 10.0 Å². The Hall–Kier alpha value is -0.900. The number of sulfonamides is 1. The van der Waals surface area contributed by atoms with E-state index in [1.54, 1.807) is 11.3 Å². The first kappa shape index (κ1) is 16.2. The molecule has 1 heterocycles. The first-order valence-electron chi connectivity index (χ1n) is 6.29. The van der Waals surface area contributed by atoms with Crippen LogP contribution < -0.4 is 4.72 Å². The molecule has 4 nitrogen and oxygen atoms in total. The van der Waals surface area contributed by atoms with E-state index in [2.05, 4.69) is 4.72 Å². The Kier molecular flexibility index (Phi) is 5.98. The molecule has 106 valence electrons. The lowest BCUT2D eigenvalue weighted by atomic mass is 10.1. The van der Waals surface area contributed by atoms with E-state index >= 15 is 0 Å². The van der Waals surface area contributed by atoms with Crippen LogP contribution in [0.3, 0.4) is 0 Å². The Morgan fingerprint density at radius 3 is 2.63 bits per heavy atom. The second kappa shape index (κ2) is 7.04. The number of nitrogens with one attached hydrogen (secondary N) is 1. The maximum absolute atomic E-state index is 11.9. The molecule has 19 heavy (non-hydrogen) atoms. The van der Waals surface area contributed by atoms with Crippen LogP contribution in [-0.4, -0.2) is 14.2 Å². The fraction of sp³-hybridized carbons (Fsp3) is 0.615. The Morgan fingerprint density at radius 1 is 1.42 bits per heavy atom. The molecule has 1 aromatic rings. The van der Waals surface area contributed by atoms with Gasteiger partial charge in [-0.3, -0.25) is 0 Å². The predicted molar refractivity (Wildman–Crippen MR) is 78.6 cm³/mol. The van der Waals surface area contributed by atoms with E-state index in [1.807, 2.05) is 32.9 Å². The highest BCUT2D eigenvalue weighted by Gasteiger charge is 2.18. The third kappa shape index (κ3) is 5.31. The lowest BCUT2D eigenvalue weighted by Gasteiger charge is -2.14. The molecule has 0 amide bonds. The van der Waals surface area contributed by atoms with E-state index in [0.29, 0.717) is 19.3 Å². The quantitative estimate of drug-likeness (QED) is 0.787. The summed E-state index contributed by atoms with van der Waals surface area (Å²) < 4.78 is 26.5. The van der Waals surface area contributed by atoms with Gasteiger partial charge in [0.1, 0.15) is 0 Å². The lowest BCUT2D eigenvalue weighted by Crippen LogP contribution is -2.29. The summed E-state index contributed by atoms with van der Waals surface area (Å²) in [5.41, 5.74) is 1.04. The Balaban J connectivity index is 2.58. The second-order valence-electron chi connectivity index (χ2n) is 4.64. The normalized spacial score (nSPS) is 13.2. The van der Waals surface area contributed by atoms with Crippen LogP contribution in [0.5, 0.6) is 0 Å². The summed E-state index contributed by atoms with van der Waals surface area (Å²) in [6.45, 7) is 5.89. The second-order valence-corrected chi connectivity index (χ2v) is 7.98. The smallest absolute Gasteiger partial charge is 0.212 e. The molecule has 1 atom stereocenters. The van der Waals surface area contributed by atoms with Crippen LogP contribution in [0.4, 0.5) is 0 Å². The van der Waals surface area contributed by atoms with Gasteiger partial charge < -0.3 is 0 Å². The molecule has 0 aliphatic carbocycles. The molecular formula is C13H20N2O2S2. The van der Waals surface area contributed by atoms with E-state index in [1.165, 1.54) is 4.88 Å². The molecule has 0 fully saturated rings. The van der Waals surface area contributed by atoms with E-state index in [-0.39, 0.29) is 11.8 Å². The van der Waals surface area contributed by atoms with Crippen molar-refractivity contribution in [3.05, 3.63) is 21.4 Å². The number of thiophene rings is 1. The van der Waals surface area contributed by atoms with Crippen molar-refractivity contribution in [3.63, 3.8) is 0 Å². The fourth-order valence-corrected chi connectivity index (χ4v) is 4.36. The van der Waals surface area contributed by atoms with Gasteiger partial charge in [-0.25, -0.2) is 13.1 Å². The zero-order valence-corrected chi connectivity index (χ0v) is 13.2. The summed E-state index contributed by atoms with van der Waals surface area (Å²) >= 11 is 1.68. The van der Waals surface area contributed by atoms with Crippen LogP contribution in [0.1, 0.15) is 47.5 Å². The monoisotopic (exact) mass is 300 g/mol. The van der Waals surface area contributed by atoms with Gasteiger partial charge in [0.2, 0.25) is 10.0 Å². The van der Waals surface area contributed by atoms with Gasteiger partial charge in [0.25, 0.3) is 0 Å². The van der Waals surface area contributed by atoms with Crippen LogP contribution in [0.25, 0.3) is 0 Å². The highest BCUT2D eigenvalue weighted by atomic mass is 32.2. The van der Waals surface area contributed by atoms with Gasteiger partial charge in [-0.1, -0.05) is 0 Å². The van der Waals surface area contributed by atoms with Crippen molar-refractivity contribution in [3.8, 4) is 6.07 Å². The zero-order chi connectivity index (χ0) is 14.5. The molecule has 0 saturated heterocycles. The maximum atomic E-state index is 11.9. The van der Waals surface area contributed by atoms with Crippen LogP contribution in [0.2, 0.25) is 0 Å². The van der Waals surface area contributed by atoms with Gasteiger partial charge in [-0.15, -0.1) is 11.3 Å². The average molecular weight is 300 g/mol. The molecule has 1 N–H and O–H groups in total. The zero-order valence-electron chi connectivity index (χ0n) is 11.6. The summed E-state index contributed by atoms with van der Waals surface area (Å²) in [4.78, 5) is 2.34. The molecular weight excluding hydrogens is 280 g/mol. The van der Waals surface area contributed by atoms with Crippen molar-refractivity contribution in [2.45, 2.75) is 46.1 Å². The fourth-order valence-electron chi connectivity index (χ4n) is 1.97. The third-order valence-electron chi connectivity index (χ3n) is 2.85. The van der Waals surface area contributed by atoms with Crippen LogP contribution in [-0.2, 0) is 10.0 Å². The SMILES string of the molecule is Cc1cc(C(C)NS(=O)(=O)CCCCC#N)c(C)s1. The Morgan fingerprint density at radius 2 is 2.11 bits per heavy atom. The van der Waals surface area contributed by atoms with Gasteiger partial charge in [0.15, 0.2) is 0 Å². The van der Waals surface area contributed by atoms with Gasteiger partial charge in [0, 0.05) is 22.2 Å². The largest absolute Gasteiger partial charge is 0.212 e. The van der Waals surface area contributed by atoms with Crippen LogP contribution in [0.15, 0.2) is 6.07 Å².